The number of carbonyl (C=O) groups is 1. The molecule has 1 aromatic carbocycles. The number of nitrogens with zero attached hydrogens (tertiary/aromatic N) is 1. The molecule has 0 saturated heterocycles. The number of aromatic nitrogens is 1. The smallest absolute Gasteiger partial charge is 0.152 e. The van der Waals surface area contributed by atoms with E-state index in [2.05, 4.69) is 5.32 Å². The Hall–Kier alpha value is -1.69. The Bertz CT molecular complexity index is 619. The second kappa shape index (κ2) is 6.39. The molecule has 5 nitrogen and oxygen atoms in total. The highest BCUT2D eigenvalue weighted by Gasteiger charge is 2.18. The summed E-state index contributed by atoms with van der Waals surface area (Å²) in [6.07, 6.45) is 1.99. The number of aldehydes is 1. The molecule has 114 valence electrons. The maximum Gasteiger partial charge on any atom is 0.152 e. The van der Waals surface area contributed by atoms with Gasteiger partial charge < -0.3 is 20.1 Å². The first-order chi connectivity index (χ1) is 9.96. The van der Waals surface area contributed by atoms with Crippen LogP contribution in [0.25, 0.3) is 10.9 Å². The lowest BCUT2D eigenvalue weighted by atomic mass is 10.1. The normalized spacial score (nSPS) is 13.5. The van der Waals surface area contributed by atoms with Crippen LogP contribution in [0.1, 0.15) is 24.2 Å². The van der Waals surface area contributed by atoms with Gasteiger partial charge in [0.25, 0.3) is 0 Å². The summed E-state index contributed by atoms with van der Waals surface area (Å²) >= 11 is 0. The van der Waals surface area contributed by atoms with E-state index < -0.39 is 11.6 Å². The van der Waals surface area contributed by atoms with Gasteiger partial charge in [-0.2, -0.15) is 0 Å². The van der Waals surface area contributed by atoms with Crippen molar-refractivity contribution in [1.82, 2.24) is 9.88 Å². The van der Waals surface area contributed by atoms with E-state index in [-0.39, 0.29) is 6.61 Å². The Labute approximate surface area is 124 Å². The first-order valence-corrected chi connectivity index (χ1v) is 7.04. The predicted molar refractivity (Wildman–Crippen MR) is 82.5 cm³/mol. The Morgan fingerprint density at radius 1 is 1.38 bits per heavy atom. The Morgan fingerprint density at radius 3 is 2.76 bits per heavy atom. The van der Waals surface area contributed by atoms with Crippen LogP contribution in [0.3, 0.4) is 0 Å². The standard InChI is InChI=1S/C16H22N2O3/c1-16(2,11-20)17-7-13(21)9-18-8-12(10-19)14-5-3-4-6-15(14)18/h3-6,8,10,13,17,20-21H,7,9,11H2,1-2H3/t13-/m0/s1. The van der Waals surface area contributed by atoms with Crippen molar-refractivity contribution in [3.63, 3.8) is 0 Å². The van der Waals surface area contributed by atoms with Gasteiger partial charge in [-0.25, -0.2) is 0 Å². The van der Waals surface area contributed by atoms with E-state index >= 15 is 0 Å². The third-order valence-corrected chi connectivity index (χ3v) is 3.57. The minimum atomic E-state index is -0.605. The van der Waals surface area contributed by atoms with Crippen molar-refractivity contribution in [2.24, 2.45) is 0 Å². The van der Waals surface area contributed by atoms with Crippen molar-refractivity contribution in [1.29, 1.82) is 0 Å². The van der Waals surface area contributed by atoms with E-state index in [0.29, 0.717) is 18.7 Å². The molecular formula is C16H22N2O3. The number of nitrogens with one attached hydrogen (secondary N) is 1. The maximum atomic E-state index is 11.1. The summed E-state index contributed by atoms with van der Waals surface area (Å²) in [6, 6.07) is 7.63. The molecule has 1 heterocycles. The largest absolute Gasteiger partial charge is 0.394 e. The van der Waals surface area contributed by atoms with E-state index in [9.17, 15) is 15.0 Å². The van der Waals surface area contributed by atoms with E-state index in [1.165, 1.54) is 0 Å². The molecule has 0 bridgehead atoms. The van der Waals surface area contributed by atoms with Crippen molar-refractivity contribution in [2.75, 3.05) is 13.2 Å². The monoisotopic (exact) mass is 290 g/mol. The van der Waals surface area contributed by atoms with Crippen LogP contribution in [0, 0.1) is 0 Å². The molecule has 5 heteroatoms. The average molecular weight is 290 g/mol. The van der Waals surface area contributed by atoms with Crippen LogP contribution in [0.15, 0.2) is 30.5 Å². The highest BCUT2D eigenvalue weighted by molar-refractivity contribution is 5.97. The fourth-order valence-electron chi connectivity index (χ4n) is 2.26. The lowest BCUT2D eigenvalue weighted by molar-refractivity contribution is 0.112. The number of β-amino-alcohol motifs (C(OH)–C–C–N with tert-alkyl or cyclic N) is 1. The van der Waals surface area contributed by atoms with Crippen molar-refractivity contribution in [3.8, 4) is 0 Å². The number of benzene rings is 1. The van der Waals surface area contributed by atoms with Gasteiger partial charge in [-0.3, -0.25) is 4.79 Å². The van der Waals surface area contributed by atoms with Crippen LogP contribution >= 0.6 is 0 Å². The molecule has 2 rings (SSSR count). The fraction of sp³-hybridized carbons (Fsp3) is 0.438. The predicted octanol–water partition coefficient (Wildman–Crippen LogP) is 1.18. The van der Waals surface area contributed by atoms with E-state index in [4.69, 9.17) is 0 Å². The van der Waals surface area contributed by atoms with Gasteiger partial charge in [0.2, 0.25) is 0 Å². The second-order valence-electron chi connectivity index (χ2n) is 5.95. The second-order valence-corrected chi connectivity index (χ2v) is 5.95. The summed E-state index contributed by atoms with van der Waals surface area (Å²) in [6.45, 7) is 4.51. The molecule has 0 radical (unpaired) electrons. The number of para-hydroxylation sites is 1. The number of carbonyl (C=O) groups excluding carboxylic acids is 1. The molecule has 21 heavy (non-hydrogen) atoms. The van der Waals surface area contributed by atoms with Crippen LogP contribution in [0.5, 0.6) is 0 Å². The van der Waals surface area contributed by atoms with Gasteiger partial charge >= 0.3 is 0 Å². The van der Waals surface area contributed by atoms with E-state index in [0.717, 1.165) is 17.2 Å². The summed E-state index contributed by atoms with van der Waals surface area (Å²) in [5.41, 5.74) is 1.13. The summed E-state index contributed by atoms with van der Waals surface area (Å²) < 4.78 is 1.89. The first-order valence-electron chi connectivity index (χ1n) is 7.04. The van der Waals surface area contributed by atoms with Crippen molar-refractivity contribution < 1.29 is 15.0 Å². The van der Waals surface area contributed by atoms with Crippen LogP contribution in [0.2, 0.25) is 0 Å². The van der Waals surface area contributed by atoms with Crippen molar-refractivity contribution >= 4 is 17.2 Å². The van der Waals surface area contributed by atoms with E-state index in [1.54, 1.807) is 6.20 Å². The SMILES string of the molecule is CC(C)(CO)NC[C@H](O)Cn1cc(C=O)c2ccccc21. The van der Waals surface area contributed by atoms with Crippen LogP contribution < -0.4 is 5.32 Å². The van der Waals surface area contributed by atoms with Gasteiger partial charge in [-0.1, -0.05) is 18.2 Å². The number of rotatable bonds is 7. The molecule has 0 spiro atoms. The lowest BCUT2D eigenvalue weighted by Crippen LogP contribution is -2.46. The number of aliphatic hydroxyl groups is 2. The van der Waals surface area contributed by atoms with Crippen LogP contribution in [0.4, 0.5) is 0 Å². The molecule has 0 aliphatic rings. The summed E-state index contributed by atoms with van der Waals surface area (Å²) in [4.78, 5) is 11.1. The van der Waals surface area contributed by atoms with Crippen molar-refractivity contribution in [3.05, 3.63) is 36.0 Å². The van der Waals surface area contributed by atoms with Gasteiger partial charge in [0.05, 0.1) is 12.7 Å². The van der Waals surface area contributed by atoms with Gasteiger partial charge in [-0.15, -0.1) is 0 Å². The van der Waals surface area contributed by atoms with E-state index in [1.807, 2.05) is 42.7 Å². The molecule has 1 aromatic heterocycles. The molecular weight excluding hydrogens is 268 g/mol. The molecule has 0 aliphatic carbocycles. The maximum absolute atomic E-state index is 11.1. The highest BCUT2D eigenvalue weighted by Crippen LogP contribution is 2.20. The molecule has 0 unspecified atom stereocenters. The minimum Gasteiger partial charge on any atom is -0.394 e. The third-order valence-electron chi connectivity index (χ3n) is 3.57. The summed E-state index contributed by atoms with van der Waals surface area (Å²) in [7, 11) is 0. The zero-order chi connectivity index (χ0) is 15.5. The third kappa shape index (κ3) is 3.69. The molecule has 3 N–H and O–H groups in total. The van der Waals surface area contributed by atoms with Gasteiger partial charge in [0.15, 0.2) is 6.29 Å². The number of aliphatic hydroxyl groups excluding tert-OH is 2. The molecule has 2 aromatic rings. The first kappa shape index (κ1) is 15.7. The molecule has 0 saturated carbocycles. The summed E-state index contributed by atoms with van der Waals surface area (Å²) in [5, 5.41) is 23.3. The zero-order valence-electron chi connectivity index (χ0n) is 12.4. The zero-order valence-corrected chi connectivity index (χ0v) is 12.4. The Kier molecular flexibility index (Phi) is 4.77. The van der Waals surface area contributed by atoms with Gasteiger partial charge in [-0.05, 0) is 19.9 Å². The minimum absolute atomic E-state index is 0.00145. The van der Waals surface area contributed by atoms with Crippen molar-refractivity contribution in [2.45, 2.75) is 32.0 Å². The topological polar surface area (TPSA) is 74.5 Å². The van der Waals surface area contributed by atoms with Gasteiger partial charge in [0, 0.05) is 41.3 Å². The molecule has 0 aliphatic heterocycles. The molecule has 0 fully saturated rings. The molecule has 0 amide bonds. The highest BCUT2D eigenvalue weighted by atomic mass is 16.3. The fourth-order valence-corrected chi connectivity index (χ4v) is 2.26. The molecule has 1 atom stereocenters. The number of hydrogen-bond acceptors (Lipinski definition) is 4. The Balaban J connectivity index is 2.11. The number of hydrogen-bond donors (Lipinski definition) is 3. The van der Waals surface area contributed by atoms with Gasteiger partial charge in [0.1, 0.15) is 0 Å². The average Bonchev–Trinajstić information content (AvgIpc) is 2.84. The lowest BCUT2D eigenvalue weighted by Gasteiger charge is -2.25. The quantitative estimate of drug-likeness (QED) is 0.669. The summed E-state index contributed by atoms with van der Waals surface area (Å²) in [5.74, 6) is 0. The van der Waals surface area contributed by atoms with Crippen LogP contribution in [-0.4, -0.2) is 45.9 Å². The Morgan fingerprint density at radius 2 is 2.10 bits per heavy atom. The number of fused-ring (bicyclic) bond motifs is 1. The van der Waals surface area contributed by atoms with Crippen LogP contribution in [-0.2, 0) is 6.54 Å².